The summed E-state index contributed by atoms with van der Waals surface area (Å²) in [7, 11) is 0. The lowest BCUT2D eigenvalue weighted by Gasteiger charge is -2.39. The van der Waals surface area contributed by atoms with E-state index in [-0.39, 0.29) is 16.7 Å². The van der Waals surface area contributed by atoms with Crippen molar-refractivity contribution in [2.75, 3.05) is 6.61 Å². The average Bonchev–Trinajstić information content (AvgIpc) is 2.57. The van der Waals surface area contributed by atoms with Crippen LogP contribution in [0.4, 0.5) is 0 Å². The molecule has 2 aromatic rings. The molecule has 5 unspecified atom stereocenters. The van der Waals surface area contributed by atoms with Crippen LogP contribution in [0.1, 0.15) is 5.76 Å². The van der Waals surface area contributed by atoms with E-state index in [4.69, 9.17) is 13.9 Å². The topological polar surface area (TPSA) is 170 Å². The van der Waals surface area contributed by atoms with Crippen molar-refractivity contribution < 1.29 is 44.5 Å². The van der Waals surface area contributed by atoms with Gasteiger partial charge in [-0.15, -0.1) is 0 Å². The number of aliphatic hydroxyl groups is 4. The summed E-state index contributed by atoms with van der Waals surface area (Å²) in [6, 6.07) is 1.99. The Morgan fingerprint density at radius 2 is 1.77 bits per heavy atom. The molecular formula is C16H18O10. The molecule has 0 bridgehead atoms. The highest BCUT2D eigenvalue weighted by Crippen LogP contribution is 2.40. The fraction of sp³-hybridized carbons (Fsp3) is 0.438. The second kappa shape index (κ2) is 6.74. The molecule has 10 nitrogen and oxygen atoms in total. The molecule has 0 spiro atoms. The van der Waals surface area contributed by atoms with E-state index in [0.29, 0.717) is 0 Å². The molecule has 0 saturated carbocycles. The second-order valence-electron chi connectivity index (χ2n) is 5.98. The van der Waals surface area contributed by atoms with Crippen LogP contribution in [-0.4, -0.2) is 68.0 Å². The fourth-order valence-electron chi connectivity index (χ4n) is 2.79. The molecule has 5 atom stereocenters. The molecule has 1 aliphatic rings. The summed E-state index contributed by atoms with van der Waals surface area (Å²) in [4.78, 5) is 12.1. The summed E-state index contributed by atoms with van der Waals surface area (Å²) in [5.41, 5.74) is -0.871. The van der Waals surface area contributed by atoms with E-state index >= 15 is 0 Å². The molecule has 3 rings (SSSR count). The van der Waals surface area contributed by atoms with Gasteiger partial charge in [-0.2, -0.15) is 0 Å². The highest BCUT2D eigenvalue weighted by Gasteiger charge is 2.45. The molecule has 2 heterocycles. The van der Waals surface area contributed by atoms with E-state index < -0.39 is 60.0 Å². The Bertz CT molecular complexity index is 873. The zero-order valence-electron chi connectivity index (χ0n) is 13.6. The summed E-state index contributed by atoms with van der Waals surface area (Å²) < 4.78 is 16.0. The predicted octanol–water partition coefficient (Wildman–Crippen LogP) is -1.31. The zero-order valence-corrected chi connectivity index (χ0v) is 13.6. The smallest absolute Gasteiger partial charge is 0.229 e. The molecule has 1 aliphatic heterocycles. The lowest BCUT2D eigenvalue weighted by molar-refractivity contribution is -0.277. The third kappa shape index (κ3) is 2.97. The lowest BCUT2D eigenvalue weighted by Crippen LogP contribution is -2.60. The molecule has 1 aromatic heterocycles. The van der Waals surface area contributed by atoms with Crippen molar-refractivity contribution in [2.24, 2.45) is 0 Å². The summed E-state index contributed by atoms with van der Waals surface area (Å²) in [6.45, 7) is 0.806. The maximum absolute atomic E-state index is 12.1. The van der Waals surface area contributed by atoms with Gasteiger partial charge in [-0.25, -0.2) is 0 Å². The Morgan fingerprint density at radius 1 is 1.08 bits per heavy atom. The summed E-state index contributed by atoms with van der Waals surface area (Å²) >= 11 is 0. The quantitative estimate of drug-likeness (QED) is 0.381. The number of ether oxygens (including phenoxy) is 2. The van der Waals surface area contributed by atoms with Gasteiger partial charge >= 0.3 is 0 Å². The minimum atomic E-state index is -1.73. The normalized spacial score (nSPS) is 29.0. The number of rotatable bonds is 3. The zero-order chi connectivity index (χ0) is 19.2. The molecule has 0 aliphatic carbocycles. The standard InChI is InChI=1S/C16H18O10/c1-5-2-6(18)10-7(19)3-8(20)14(15(10)24-5)26-16-13(23)12(22)11(21)9(4-17)25-16/h2-3,9,11-13,16-17,19-23H,4H2,1H3. The summed E-state index contributed by atoms with van der Waals surface area (Å²) in [6.07, 6.45) is -7.83. The molecule has 1 aromatic carbocycles. The molecule has 0 radical (unpaired) electrons. The Labute approximate surface area is 146 Å². The predicted molar refractivity (Wildman–Crippen MR) is 84.9 cm³/mol. The molecular weight excluding hydrogens is 352 g/mol. The first kappa shape index (κ1) is 18.4. The van der Waals surface area contributed by atoms with Crippen LogP contribution in [0.2, 0.25) is 0 Å². The highest BCUT2D eigenvalue weighted by molar-refractivity contribution is 5.90. The van der Waals surface area contributed by atoms with Crippen molar-refractivity contribution in [3.63, 3.8) is 0 Å². The van der Waals surface area contributed by atoms with E-state index in [1.165, 1.54) is 6.92 Å². The van der Waals surface area contributed by atoms with E-state index in [0.717, 1.165) is 12.1 Å². The summed E-state index contributed by atoms with van der Waals surface area (Å²) in [5.74, 6) is -1.39. The van der Waals surface area contributed by atoms with E-state index in [1.807, 2.05) is 0 Å². The van der Waals surface area contributed by atoms with E-state index in [1.54, 1.807) is 0 Å². The number of hydrogen-bond acceptors (Lipinski definition) is 10. The Balaban J connectivity index is 2.07. The maximum Gasteiger partial charge on any atom is 0.229 e. The van der Waals surface area contributed by atoms with Crippen LogP contribution in [0.15, 0.2) is 21.3 Å². The monoisotopic (exact) mass is 370 g/mol. The number of aliphatic hydroxyl groups excluding tert-OH is 4. The third-order valence-electron chi connectivity index (χ3n) is 4.12. The minimum absolute atomic E-state index is 0.172. The molecule has 26 heavy (non-hydrogen) atoms. The Morgan fingerprint density at radius 3 is 2.42 bits per heavy atom. The first-order valence-corrected chi connectivity index (χ1v) is 7.71. The number of phenolic OH excluding ortho intramolecular Hbond substituents is 2. The van der Waals surface area contributed by atoms with Crippen molar-refractivity contribution in [3.8, 4) is 17.2 Å². The number of hydrogen-bond donors (Lipinski definition) is 6. The summed E-state index contributed by atoms with van der Waals surface area (Å²) in [5, 5.41) is 58.6. The SMILES string of the molecule is Cc1cc(=O)c2c(O)cc(O)c(OC3OC(CO)C(O)C(O)C3O)c2o1. The molecule has 1 fully saturated rings. The van der Waals surface area contributed by atoms with E-state index in [2.05, 4.69) is 0 Å². The number of benzene rings is 1. The lowest BCUT2D eigenvalue weighted by atomic mass is 9.99. The van der Waals surface area contributed by atoms with Crippen LogP contribution in [0.3, 0.4) is 0 Å². The third-order valence-corrected chi connectivity index (χ3v) is 4.12. The largest absolute Gasteiger partial charge is 0.507 e. The van der Waals surface area contributed by atoms with Crippen molar-refractivity contribution in [1.29, 1.82) is 0 Å². The number of phenols is 2. The first-order chi connectivity index (χ1) is 12.2. The van der Waals surface area contributed by atoms with Gasteiger partial charge in [0, 0.05) is 12.1 Å². The van der Waals surface area contributed by atoms with Crippen LogP contribution in [0, 0.1) is 6.92 Å². The van der Waals surface area contributed by atoms with Gasteiger partial charge in [0.25, 0.3) is 0 Å². The Kier molecular flexibility index (Phi) is 4.78. The van der Waals surface area contributed by atoms with Crippen LogP contribution in [0.25, 0.3) is 11.0 Å². The van der Waals surface area contributed by atoms with Gasteiger partial charge in [-0.1, -0.05) is 0 Å². The van der Waals surface area contributed by atoms with Crippen molar-refractivity contribution in [1.82, 2.24) is 0 Å². The van der Waals surface area contributed by atoms with Crippen LogP contribution < -0.4 is 10.2 Å². The molecule has 142 valence electrons. The van der Waals surface area contributed by atoms with Crippen LogP contribution >= 0.6 is 0 Å². The van der Waals surface area contributed by atoms with Crippen LogP contribution in [-0.2, 0) is 4.74 Å². The molecule has 0 amide bonds. The van der Waals surface area contributed by atoms with Gasteiger partial charge < -0.3 is 44.5 Å². The van der Waals surface area contributed by atoms with Gasteiger partial charge in [-0.3, -0.25) is 4.79 Å². The molecule has 10 heteroatoms. The van der Waals surface area contributed by atoms with Gasteiger partial charge in [0.1, 0.15) is 41.3 Å². The fourth-order valence-corrected chi connectivity index (χ4v) is 2.79. The Hall–Kier alpha value is -2.37. The average molecular weight is 370 g/mol. The second-order valence-corrected chi connectivity index (χ2v) is 5.98. The van der Waals surface area contributed by atoms with E-state index in [9.17, 15) is 35.4 Å². The van der Waals surface area contributed by atoms with Gasteiger partial charge in [0.15, 0.2) is 16.8 Å². The molecule has 1 saturated heterocycles. The van der Waals surface area contributed by atoms with Crippen molar-refractivity contribution in [2.45, 2.75) is 37.6 Å². The van der Waals surface area contributed by atoms with Gasteiger partial charge in [0.05, 0.1) is 6.61 Å². The maximum atomic E-state index is 12.1. The number of aryl methyl sites for hydroxylation is 1. The molecule has 6 N–H and O–H groups in total. The van der Waals surface area contributed by atoms with Crippen molar-refractivity contribution >= 4 is 11.0 Å². The van der Waals surface area contributed by atoms with Crippen LogP contribution in [0.5, 0.6) is 17.2 Å². The first-order valence-electron chi connectivity index (χ1n) is 7.71. The minimum Gasteiger partial charge on any atom is -0.507 e. The number of aromatic hydroxyl groups is 2. The van der Waals surface area contributed by atoms with Crippen molar-refractivity contribution in [3.05, 3.63) is 28.1 Å². The van der Waals surface area contributed by atoms with Gasteiger partial charge in [0.2, 0.25) is 12.0 Å². The number of fused-ring (bicyclic) bond motifs is 1. The van der Waals surface area contributed by atoms with Gasteiger partial charge in [-0.05, 0) is 6.92 Å². The highest BCUT2D eigenvalue weighted by atomic mass is 16.7.